The lowest BCUT2D eigenvalue weighted by molar-refractivity contribution is -0.139. The summed E-state index contributed by atoms with van der Waals surface area (Å²) in [5.74, 6) is 0.0246. The van der Waals surface area contributed by atoms with E-state index in [0.29, 0.717) is 63.9 Å². The van der Waals surface area contributed by atoms with Gasteiger partial charge in [-0.25, -0.2) is 4.98 Å². The molecule has 2 aliphatic heterocycles. The van der Waals surface area contributed by atoms with Crippen molar-refractivity contribution in [2.45, 2.75) is 12.5 Å². The second kappa shape index (κ2) is 9.17. The highest BCUT2D eigenvalue weighted by Crippen LogP contribution is 2.38. The normalized spacial score (nSPS) is 20.2. The molecule has 2 aromatic heterocycles. The van der Waals surface area contributed by atoms with Crippen LogP contribution in [0.15, 0.2) is 18.3 Å². The number of aromatic nitrogens is 1. The molecule has 0 spiro atoms. The van der Waals surface area contributed by atoms with Crippen LogP contribution in [0.2, 0.25) is 0 Å². The van der Waals surface area contributed by atoms with Crippen molar-refractivity contribution in [3.63, 3.8) is 0 Å². The lowest BCUT2D eigenvalue weighted by Gasteiger charge is -2.34. The van der Waals surface area contributed by atoms with Crippen molar-refractivity contribution < 1.29 is 23.8 Å². The van der Waals surface area contributed by atoms with Gasteiger partial charge in [0.2, 0.25) is 5.91 Å². The average Bonchev–Trinajstić information content (AvgIpc) is 3.17. The van der Waals surface area contributed by atoms with E-state index in [4.69, 9.17) is 14.2 Å². The van der Waals surface area contributed by atoms with Crippen LogP contribution in [0.25, 0.3) is 10.2 Å². The van der Waals surface area contributed by atoms with E-state index in [1.165, 1.54) is 11.3 Å². The van der Waals surface area contributed by atoms with E-state index in [9.17, 15) is 9.59 Å². The summed E-state index contributed by atoms with van der Waals surface area (Å²) in [7, 11) is 1.59. The number of pyridine rings is 1. The molecule has 2 aromatic rings. The van der Waals surface area contributed by atoms with Crippen molar-refractivity contribution in [3.05, 3.63) is 28.8 Å². The Kier molecular flexibility index (Phi) is 6.39. The Labute approximate surface area is 173 Å². The molecular formula is C20H25N3O5S. The van der Waals surface area contributed by atoms with E-state index in [1.807, 2.05) is 17.0 Å². The number of hydrogen-bond acceptors (Lipinski definition) is 7. The van der Waals surface area contributed by atoms with Crippen LogP contribution in [-0.2, 0) is 19.0 Å². The van der Waals surface area contributed by atoms with Crippen molar-refractivity contribution in [1.29, 1.82) is 0 Å². The minimum absolute atomic E-state index is 0.0160. The Morgan fingerprint density at radius 1 is 1.24 bits per heavy atom. The van der Waals surface area contributed by atoms with Gasteiger partial charge in [-0.05, 0) is 6.07 Å². The van der Waals surface area contributed by atoms with Gasteiger partial charge in [0.1, 0.15) is 15.8 Å². The van der Waals surface area contributed by atoms with Crippen LogP contribution in [-0.4, -0.2) is 86.3 Å². The standard InChI is InChI=1S/C20H25N3O5S/c1-26-9-4-16(24)23-8-12-28-15(13-23)17-14-3-2-5-21-19(14)29-18(17)20(25)22-6-10-27-11-7-22/h2-3,5,15H,4,6-13H2,1H3/t15-/m0/s1. The average molecular weight is 420 g/mol. The highest BCUT2D eigenvalue weighted by Gasteiger charge is 2.33. The number of rotatable bonds is 5. The predicted molar refractivity (Wildman–Crippen MR) is 108 cm³/mol. The third-order valence-electron chi connectivity index (χ3n) is 5.26. The zero-order valence-electron chi connectivity index (χ0n) is 16.5. The van der Waals surface area contributed by atoms with Crippen molar-refractivity contribution >= 4 is 33.4 Å². The number of methoxy groups -OCH3 is 1. The molecule has 1 atom stereocenters. The first-order valence-corrected chi connectivity index (χ1v) is 10.6. The van der Waals surface area contributed by atoms with E-state index in [0.717, 1.165) is 15.8 Å². The van der Waals surface area contributed by atoms with Gasteiger partial charge < -0.3 is 24.0 Å². The van der Waals surface area contributed by atoms with E-state index >= 15 is 0 Å². The van der Waals surface area contributed by atoms with Crippen LogP contribution in [0, 0.1) is 0 Å². The lowest BCUT2D eigenvalue weighted by atomic mass is 10.0. The molecule has 9 heteroatoms. The summed E-state index contributed by atoms with van der Waals surface area (Å²) in [5.41, 5.74) is 0.846. The summed E-state index contributed by atoms with van der Waals surface area (Å²) in [5, 5.41) is 0.922. The Balaban J connectivity index is 1.64. The molecule has 0 saturated carbocycles. The summed E-state index contributed by atoms with van der Waals surface area (Å²) in [6.07, 6.45) is 1.72. The molecule has 4 heterocycles. The summed E-state index contributed by atoms with van der Waals surface area (Å²) in [6, 6.07) is 3.84. The summed E-state index contributed by atoms with van der Waals surface area (Å²) >= 11 is 1.40. The molecule has 0 aliphatic carbocycles. The maximum absolute atomic E-state index is 13.3. The fourth-order valence-corrected chi connectivity index (χ4v) is 4.90. The number of fused-ring (bicyclic) bond motifs is 1. The van der Waals surface area contributed by atoms with Crippen molar-refractivity contribution in [2.24, 2.45) is 0 Å². The number of nitrogens with zero attached hydrogens (tertiary/aromatic N) is 3. The van der Waals surface area contributed by atoms with Gasteiger partial charge in [0, 0.05) is 43.9 Å². The van der Waals surface area contributed by atoms with Gasteiger partial charge in [-0.3, -0.25) is 9.59 Å². The number of thiophene rings is 1. The maximum Gasteiger partial charge on any atom is 0.264 e. The first kappa shape index (κ1) is 20.2. The number of hydrogen-bond donors (Lipinski definition) is 0. The molecule has 0 bridgehead atoms. The van der Waals surface area contributed by atoms with Crippen molar-refractivity contribution in [1.82, 2.24) is 14.8 Å². The molecule has 2 fully saturated rings. The number of morpholine rings is 2. The maximum atomic E-state index is 13.3. The summed E-state index contributed by atoms with van der Waals surface area (Å²) in [6.45, 7) is 4.05. The third-order valence-corrected chi connectivity index (χ3v) is 6.38. The fourth-order valence-electron chi connectivity index (χ4n) is 3.74. The molecule has 0 unspecified atom stereocenters. The van der Waals surface area contributed by atoms with Crippen LogP contribution < -0.4 is 0 Å². The zero-order valence-corrected chi connectivity index (χ0v) is 17.3. The molecule has 156 valence electrons. The van der Waals surface area contributed by atoms with E-state index in [1.54, 1.807) is 18.2 Å². The lowest BCUT2D eigenvalue weighted by Crippen LogP contribution is -2.43. The Hall–Kier alpha value is -2.07. The second-order valence-electron chi connectivity index (χ2n) is 7.05. The van der Waals surface area contributed by atoms with Gasteiger partial charge in [-0.15, -0.1) is 11.3 Å². The van der Waals surface area contributed by atoms with Crippen LogP contribution in [0.1, 0.15) is 27.8 Å². The van der Waals surface area contributed by atoms with Gasteiger partial charge in [0.05, 0.1) is 39.4 Å². The third kappa shape index (κ3) is 4.28. The topological polar surface area (TPSA) is 81.2 Å². The number of amides is 2. The minimum Gasteiger partial charge on any atom is -0.384 e. The highest BCUT2D eigenvalue weighted by molar-refractivity contribution is 7.20. The van der Waals surface area contributed by atoms with E-state index in [2.05, 4.69) is 4.98 Å². The first-order valence-electron chi connectivity index (χ1n) is 9.81. The van der Waals surface area contributed by atoms with Crippen LogP contribution in [0.4, 0.5) is 0 Å². The second-order valence-corrected chi connectivity index (χ2v) is 8.05. The summed E-state index contributed by atoms with van der Waals surface area (Å²) < 4.78 is 16.5. The molecule has 0 N–H and O–H groups in total. The first-order chi connectivity index (χ1) is 14.2. The fraction of sp³-hybridized carbons (Fsp3) is 0.550. The van der Waals surface area contributed by atoms with Gasteiger partial charge in [-0.1, -0.05) is 6.07 Å². The molecule has 8 nitrogen and oxygen atoms in total. The van der Waals surface area contributed by atoms with Gasteiger partial charge in [0.25, 0.3) is 5.91 Å². The molecule has 4 rings (SSSR count). The summed E-state index contributed by atoms with van der Waals surface area (Å²) in [4.78, 5) is 35.3. The largest absolute Gasteiger partial charge is 0.384 e. The van der Waals surface area contributed by atoms with Crippen LogP contribution in [0.3, 0.4) is 0 Å². The van der Waals surface area contributed by atoms with Crippen molar-refractivity contribution in [3.8, 4) is 0 Å². The Bertz CT molecular complexity index is 880. The molecule has 0 aromatic carbocycles. The Morgan fingerprint density at radius 2 is 2.03 bits per heavy atom. The molecule has 0 radical (unpaired) electrons. The van der Waals surface area contributed by atoms with Gasteiger partial charge in [-0.2, -0.15) is 0 Å². The molecule has 29 heavy (non-hydrogen) atoms. The van der Waals surface area contributed by atoms with Crippen LogP contribution in [0.5, 0.6) is 0 Å². The molecule has 2 aliphatic rings. The highest BCUT2D eigenvalue weighted by atomic mass is 32.1. The van der Waals surface area contributed by atoms with Gasteiger partial charge in [0.15, 0.2) is 0 Å². The molecular weight excluding hydrogens is 394 g/mol. The molecule has 2 amide bonds. The predicted octanol–water partition coefficient (Wildman–Crippen LogP) is 1.71. The quantitative estimate of drug-likeness (QED) is 0.734. The molecule has 2 saturated heterocycles. The zero-order chi connectivity index (χ0) is 20.2. The van der Waals surface area contributed by atoms with E-state index < -0.39 is 0 Å². The monoisotopic (exact) mass is 419 g/mol. The van der Waals surface area contributed by atoms with E-state index in [-0.39, 0.29) is 17.9 Å². The number of carbonyl (C=O) groups is 2. The smallest absolute Gasteiger partial charge is 0.264 e. The van der Waals surface area contributed by atoms with Crippen LogP contribution >= 0.6 is 11.3 Å². The number of carbonyl (C=O) groups excluding carboxylic acids is 2. The minimum atomic E-state index is -0.354. The number of ether oxygens (including phenoxy) is 3. The Morgan fingerprint density at radius 3 is 2.83 bits per heavy atom. The van der Waals surface area contributed by atoms with Gasteiger partial charge >= 0.3 is 0 Å². The SMILES string of the molecule is COCCC(=O)N1CCO[C@H](c2c(C(=O)N3CCOCC3)sc3ncccc23)C1. The van der Waals surface area contributed by atoms with Crippen molar-refractivity contribution in [2.75, 3.05) is 59.7 Å².